The Kier molecular flexibility index (Phi) is 10.4. The third-order valence-corrected chi connectivity index (χ3v) is 8.73. The first kappa shape index (κ1) is 31.8. The SMILES string of the molecule is CCCCSc1nc2n(n1)C(c1ccc(OCc3c(Cl)cccc3Cl)c(OCC)c1)C(C(=O)Nc1cccc(C)c1)=C(C)N2. The first-order chi connectivity index (χ1) is 21.3. The molecule has 3 aromatic carbocycles. The number of aromatic nitrogens is 3. The summed E-state index contributed by atoms with van der Waals surface area (Å²) in [4.78, 5) is 18.7. The van der Waals surface area contributed by atoms with Crippen molar-refractivity contribution in [1.82, 2.24) is 14.8 Å². The van der Waals surface area contributed by atoms with E-state index in [9.17, 15) is 4.79 Å². The molecular formula is C33H35Cl2N5O3S. The van der Waals surface area contributed by atoms with E-state index in [-0.39, 0.29) is 12.5 Å². The fraction of sp³-hybridized carbons (Fsp3) is 0.303. The second kappa shape index (κ2) is 14.4. The maximum atomic E-state index is 13.9. The van der Waals surface area contributed by atoms with Gasteiger partial charge in [0.2, 0.25) is 11.1 Å². The molecule has 0 radical (unpaired) electrons. The van der Waals surface area contributed by atoms with Crippen molar-refractivity contribution < 1.29 is 14.3 Å². The van der Waals surface area contributed by atoms with Gasteiger partial charge in [0, 0.05) is 32.7 Å². The zero-order valence-corrected chi connectivity index (χ0v) is 27.4. The summed E-state index contributed by atoms with van der Waals surface area (Å²) in [6, 6.07) is 18.1. The summed E-state index contributed by atoms with van der Waals surface area (Å²) in [5.41, 5.74) is 4.46. The summed E-state index contributed by atoms with van der Waals surface area (Å²) in [6.45, 7) is 8.52. The average molecular weight is 653 g/mol. The molecule has 1 atom stereocenters. The number of allylic oxidation sites excluding steroid dienone is 1. The smallest absolute Gasteiger partial charge is 0.255 e. The zero-order chi connectivity index (χ0) is 31.2. The molecular weight excluding hydrogens is 617 g/mol. The van der Waals surface area contributed by atoms with Crippen molar-refractivity contribution >= 4 is 52.5 Å². The van der Waals surface area contributed by atoms with E-state index in [0.29, 0.717) is 61.8 Å². The first-order valence-electron chi connectivity index (χ1n) is 14.6. The standard InChI is InChI=1S/C33H35Cl2N5O3S/c1-5-7-16-44-33-38-32-36-21(4)29(31(41)37-23-11-8-10-20(3)17-23)30(40(32)39-33)22-14-15-27(28(18-22)42-6-2)43-19-24-25(34)12-9-13-26(24)35/h8-15,17-18,30H,5-7,16,19H2,1-4H3,(H,37,41)(H,36,38,39). The number of rotatable bonds is 12. The molecule has 2 N–H and O–H groups in total. The van der Waals surface area contributed by atoms with Crippen molar-refractivity contribution in [1.29, 1.82) is 0 Å². The highest BCUT2D eigenvalue weighted by molar-refractivity contribution is 7.99. The predicted molar refractivity (Wildman–Crippen MR) is 178 cm³/mol. The largest absolute Gasteiger partial charge is 0.490 e. The van der Waals surface area contributed by atoms with Gasteiger partial charge in [0.15, 0.2) is 11.5 Å². The number of amides is 1. The molecule has 5 rings (SSSR count). The Morgan fingerprint density at radius 1 is 1.02 bits per heavy atom. The van der Waals surface area contributed by atoms with Crippen LogP contribution in [0.3, 0.4) is 0 Å². The Morgan fingerprint density at radius 2 is 1.80 bits per heavy atom. The van der Waals surface area contributed by atoms with Crippen molar-refractivity contribution in [3.8, 4) is 11.5 Å². The number of thioether (sulfide) groups is 1. The van der Waals surface area contributed by atoms with E-state index in [0.717, 1.165) is 29.7 Å². The third kappa shape index (κ3) is 7.17. The number of fused-ring (bicyclic) bond motifs is 1. The summed E-state index contributed by atoms with van der Waals surface area (Å²) in [6.07, 6.45) is 2.15. The molecule has 0 saturated carbocycles. The zero-order valence-electron chi connectivity index (χ0n) is 25.1. The molecule has 0 fully saturated rings. The van der Waals surface area contributed by atoms with Crippen LogP contribution >= 0.6 is 35.0 Å². The molecule has 44 heavy (non-hydrogen) atoms. The van der Waals surface area contributed by atoms with E-state index in [1.807, 2.05) is 63.2 Å². The van der Waals surface area contributed by atoms with Gasteiger partial charge in [-0.3, -0.25) is 4.79 Å². The molecule has 1 aromatic heterocycles. The van der Waals surface area contributed by atoms with Crippen molar-refractivity contribution in [2.75, 3.05) is 23.0 Å². The number of halogens is 2. The van der Waals surface area contributed by atoms with Crippen molar-refractivity contribution in [3.05, 3.63) is 98.7 Å². The van der Waals surface area contributed by atoms with Crippen LogP contribution in [-0.4, -0.2) is 33.0 Å². The minimum Gasteiger partial charge on any atom is -0.490 e. The number of hydrogen-bond acceptors (Lipinski definition) is 7. The Balaban J connectivity index is 1.53. The Morgan fingerprint density at radius 3 is 2.52 bits per heavy atom. The van der Waals surface area contributed by atoms with Gasteiger partial charge < -0.3 is 20.1 Å². The second-order valence-electron chi connectivity index (χ2n) is 10.4. The van der Waals surface area contributed by atoms with Crippen LogP contribution in [0.4, 0.5) is 11.6 Å². The lowest BCUT2D eigenvalue weighted by molar-refractivity contribution is -0.113. The fourth-order valence-electron chi connectivity index (χ4n) is 4.93. The van der Waals surface area contributed by atoms with Gasteiger partial charge in [-0.15, -0.1) is 5.10 Å². The highest BCUT2D eigenvalue weighted by Crippen LogP contribution is 2.40. The van der Waals surface area contributed by atoms with Crippen LogP contribution in [0, 0.1) is 6.92 Å². The normalized spacial score (nSPS) is 14.2. The number of nitrogens with zero attached hydrogens (tertiary/aromatic N) is 3. The summed E-state index contributed by atoms with van der Waals surface area (Å²) in [7, 11) is 0. The van der Waals surface area contributed by atoms with Gasteiger partial charge in [0.05, 0.1) is 12.2 Å². The summed E-state index contributed by atoms with van der Waals surface area (Å²) >= 11 is 14.4. The average Bonchev–Trinajstić information content (AvgIpc) is 3.39. The number of hydrogen-bond donors (Lipinski definition) is 2. The van der Waals surface area contributed by atoms with E-state index in [2.05, 4.69) is 17.6 Å². The topological polar surface area (TPSA) is 90.3 Å². The molecule has 8 nitrogen and oxygen atoms in total. The highest BCUT2D eigenvalue weighted by Gasteiger charge is 2.35. The number of anilines is 2. The van der Waals surface area contributed by atoms with Crippen molar-refractivity contribution in [2.45, 2.75) is 58.3 Å². The van der Waals surface area contributed by atoms with E-state index < -0.39 is 6.04 Å². The van der Waals surface area contributed by atoms with Crippen LogP contribution in [0.1, 0.15) is 56.3 Å². The van der Waals surface area contributed by atoms with Crippen LogP contribution in [0.2, 0.25) is 10.0 Å². The molecule has 1 aliphatic heterocycles. The fourth-order valence-corrected chi connectivity index (χ4v) is 6.35. The van der Waals surface area contributed by atoms with Gasteiger partial charge >= 0.3 is 0 Å². The second-order valence-corrected chi connectivity index (χ2v) is 12.3. The molecule has 0 spiro atoms. The summed E-state index contributed by atoms with van der Waals surface area (Å²) in [5, 5.41) is 12.9. The number of carbonyl (C=O) groups is 1. The Bertz CT molecular complexity index is 1670. The highest BCUT2D eigenvalue weighted by atomic mass is 35.5. The minimum atomic E-state index is -0.574. The lowest BCUT2D eigenvalue weighted by atomic mass is 9.94. The third-order valence-electron chi connectivity index (χ3n) is 7.10. The first-order valence-corrected chi connectivity index (χ1v) is 16.3. The van der Waals surface area contributed by atoms with Crippen LogP contribution < -0.4 is 20.1 Å². The van der Waals surface area contributed by atoms with E-state index in [4.69, 9.17) is 42.8 Å². The van der Waals surface area contributed by atoms with Crippen molar-refractivity contribution in [3.63, 3.8) is 0 Å². The van der Waals surface area contributed by atoms with Crippen molar-refractivity contribution in [2.24, 2.45) is 0 Å². The van der Waals surface area contributed by atoms with E-state index in [1.54, 1.807) is 34.6 Å². The van der Waals surface area contributed by atoms with Crippen LogP contribution in [-0.2, 0) is 11.4 Å². The van der Waals surface area contributed by atoms with E-state index in [1.165, 1.54) is 0 Å². The van der Waals surface area contributed by atoms with Gasteiger partial charge in [-0.25, -0.2) is 4.68 Å². The quantitative estimate of drug-likeness (QED) is 0.117. The molecule has 2 heterocycles. The molecule has 1 aliphatic rings. The molecule has 0 saturated heterocycles. The molecule has 0 aliphatic carbocycles. The molecule has 4 aromatic rings. The van der Waals surface area contributed by atoms with Gasteiger partial charge in [0.1, 0.15) is 12.6 Å². The van der Waals surface area contributed by atoms with E-state index >= 15 is 0 Å². The summed E-state index contributed by atoms with van der Waals surface area (Å²) < 4.78 is 14.0. The van der Waals surface area contributed by atoms with Crippen LogP contribution in [0.25, 0.3) is 0 Å². The lowest BCUT2D eigenvalue weighted by Gasteiger charge is -2.29. The molecule has 11 heteroatoms. The van der Waals surface area contributed by atoms with Gasteiger partial charge in [0.25, 0.3) is 5.91 Å². The number of benzene rings is 3. The Hall–Kier alpha value is -3.66. The Labute approximate surface area is 272 Å². The molecule has 230 valence electrons. The predicted octanol–water partition coefficient (Wildman–Crippen LogP) is 8.69. The number of nitrogens with one attached hydrogen (secondary N) is 2. The summed E-state index contributed by atoms with van der Waals surface area (Å²) in [5.74, 6) is 2.31. The van der Waals surface area contributed by atoms with Crippen LogP contribution in [0.5, 0.6) is 11.5 Å². The number of aryl methyl sites for hydroxylation is 1. The molecule has 1 amide bonds. The van der Waals surface area contributed by atoms with Crippen LogP contribution in [0.15, 0.2) is 77.1 Å². The van der Waals surface area contributed by atoms with Gasteiger partial charge in [-0.2, -0.15) is 4.98 Å². The maximum absolute atomic E-state index is 13.9. The monoisotopic (exact) mass is 651 g/mol. The number of carbonyl (C=O) groups excluding carboxylic acids is 1. The number of ether oxygens (including phenoxy) is 2. The van der Waals surface area contributed by atoms with Gasteiger partial charge in [-0.1, -0.05) is 72.6 Å². The number of unbranched alkanes of at least 4 members (excludes halogenated alkanes) is 1. The molecule has 0 bridgehead atoms. The molecule has 1 unspecified atom stereocenters. The lowest BCUT2D eigenvalue weighted by Crippen LogP contribution is -2.31. The van der Waals surface area contributed by atoms with Gasteiger partial charge in [-0.05, 0) is 74.7 Å². The minimum absolute atomic E-state index is 0.167. The maximum Gasteiger partial charge on any atom is 0.255 e.